The van der Waals surface area contributed by atoms with Crippen LogP contribution in [0.1, 0.15) is 10.5 Å². The van der Waals surface area contributed by atoms with Gasteiger partial charge in [-0.25, -0.2) is 9.97 Å². The summed E-state index contributed by atoms with van der Waals surface area (Å²) in [5, 5.41) is 2.84. The lowest BCUT2D eigenvalue weighted by atomic mass is 10.1. The highest BCUT2D eigenvalue weighted by atomic mass is 79.9. The quantitative estimate of drug-likeness (QED) is 0.840. The molecule has 20 heavy (non-hydrogen) atoms. The summed E-state index contributed by atoms with van der Waals surface area (Å²) in [5.41, 5.74) is 6.86. The first kappa shape index (κ1) is 14.0. The van der Waals surface area contributed by atoms with E-state index in [9.17, 15) is 4.79 Å². The molecule has 6 heteroatoms. The molecule has 0 saturated carbocycles. The Bertz CT molecular complexity index is 677. The van der Waals surface area contributed by atoms with E-state index in [4.69, 9.17) is 12.2 Å². The Balaban J connectivity index is 2.46. The fourth-order valence-electron chi connectivity index (χ4n) is 1.55. The van der Waals surface area contributed by atoms with Crippen LogP contribution >= 0.6 is 15.9 Å². The minimum absolute atomic E-state index is 0.137. The maximum absolute atomic E-state index is 11.3. The summed E-state index contributed by atoms with van der Waals surface area (Å²) in [4.78, 5) is 19.6. The van der Waals surface area contributed by atoms with Crippen molar-refractivity contribution in [3.63, 3.8) is 0 Å². The van der Waals surface area contributed by atoms with Crippen LogP contribution in [0.25, 0.3) is 11.3 Å². The van der Waals surface area contributed by atoms with Gasteiger partial charge in [0.1, 0.15) is 5.69 Å². The van der Waals surface area contributed by atoms with E-state index in [0.717, 1.165) is 10.0 Å². The minimum atomic E-state index is -0.616. The average molecular weight is 331 g/mol. The van der Waals surface area contributed by atoms with Crippen LogP contribution < -0.4 is 11.1 Å². The monoisotopic (exact) mass is 330 g/mol. The number of nitrogens with two attached hydrogens (primary N) is 1. The van der Waals surface area contributed by atoms with E-state index in [0.29, 0.717) is 5.69 Å². The SMILES string of the molecule is C#CCNc1nc(C(N)=O)cc(-c2ccc(Br)cc2)n1. The molecule has 1 heterocycles. The number of hydrogen-bond donors (Lipinski definition) is 2. The van der Waals surface area contributed by atoms with E-state index < -0.39 is 5.91 Å². The second kappa shape index (κ2) is 6.17. The first-order chi connectivity index (χ1) is 9.60. The molecule has 0 fully saturated rings. The number of anilines is 1. The number of halogens is 1. The van der Waals surface area contributed by atoms with Gasteiger partial charge in [-0.15, -0.1) is 6.42 Å². The van der Waals surface area contributed by atoms with Gasteiger partial charge in [0.25, 0.3) is 5.91 Å². The maximum Gasteiger partial charge on any atom is 0.267 e. The number of aromatic nitrogens is 2. The Kier molecular flexibility index (Phi) is 4.33. The number of amides is 1. The van der Waals surface area contributed by atoms with Crippen molar-refractivity contribution < 1.29 is 4.79 Å². The first-order valence-electron chi connectivity index (χ1n) is 5.72. The van der Waals surface area contributed by atoms with Crippen LogP contribution in [0.3, 0.4) is 0 Å². The predicted octanol–water partition coefficient (Wildman–Crippen LogP) is 2.05. The van der Waals surface area contributed by atoms with Crippen LogP contribution in [0.5, 0.6) is 0 Å². The highest BCUT2D eigenvalue weighted by Gasteiger charge is 2.10. The van der Waals surface area contributed by atoms with Crippen molar-refractivity contribution in [3.05, 3.63) is 40.5 Å². The molecule has 0 aliphatic heterocycles. The summed E-state index contributed by atoms with van der Waals surface area (Å²) >= 11 is 3.36. The van der Waals surface area contributed by atoms with Gasteiger partial charge >= 0.3 is 0 Å². The third-order valence-corrected chi connectivity index (χ3v) is 3.00. The lowest BCUT2D eigenvalue weighted by molar-refractivity contribution is 0.0995. The second-order valence-corrected chi connectivity index (χ2v) is 4.81. The van der Waals surface area contributed by atoms with Gasteiger partial charge in [-0.3, -0.25) is 4.79 Å². The van der Waals surface area contributed by atoms with Gasteiger partial charge in [0, 0.05) is 10.0 Å². The number of primary amides is 1. The highest BCUT2D eigenvalue weighted by Crippen LogP contribution is 2.21. The van der Waals surface area contributed by atoms with Gasteiger partial charge in [0.15, 0.2) is 0 Å². The van der Waals surface area contributed by atoms with Crippen molar-refractivity contribution in [2.24, 2.45) is 5.73 Å². The van der Waals surface area contributed by atoms with Crippen LogP contribution in [0.2, 0.25) is 0 Å². The number of nitrogens with one attached hydrogen (secondary N) is 1. The molecule has 0 unspecified atom stereocenters. The van der Waals surface area contributed by atoms with Crippen molar-refractivity contribution in [1.82, 2.24) is 9.97 Å². The summed E-state index contributed by atoms with van der Waals surface area (Å²) in [6, 6.07) is 9.07. The summed E-state index contributed by atoms with van der Waals surface area (Å²) in [6.07, 6.45) is 5.18. The molecule has 0 saturated heterocycles. The third-order valence-electron chi connectivity index (χ3n) is 2.47. The second-order valence-electron chi connectivity index (χ2n) is 3.89. The number of nitrogens with zero attached hydrogens (tertiary/aromatic N) is 2. The van der Waals surface area contributed by atoms with Crippen molar-refractivity contribution in [1.29, 1.82) is 0 Å². The number of rotatable bonds is 4. The summed E-state index contributed by atoms with van der Waals surface area (Å²) in [5.74, 6) is 2.08. The van der Waals surface area contributed by atoms with Gasteiger partial charge in [-0.2, -0.15) is 0 Å². The number of carbonyl (C=O) groups is 1. The minimum Gasteiger partial charge on any atom is -0.364 e. The molecule has 100 valence electrons. The molecule has 0 spiro atoms. The van der Waals surface area contributed by atoms with Gasteiger partial charge in [0.2, 0.25) is 5.95 Å². The molecule has 5 nitrogen and oxygen atoms in total. The van der Waals surface area contributed by atoms with Crippen LogP contribution in [0.15, 0.2) is 34.8 Å². The van der Waals surface area contributed by atoms with E-state index in [1.807, 2.05) is 24.3 Å². The Morgan fingerprint density at radius 2 is 2.05 bits per heavy atom. The fourth-order valence-corrected chi connectivity index (χ4v) is 1.82. The van der Waals surface area contributed by atoms with Crippen molar-refractivity contribution in [3.8, 4) is 23.6 Å². The fraction of sp³-hybridized carbons (Fsp3) is 0.0714. The molecule has 0 atom stereocenters. The zero-order valence-electron chi connectivity index (χ0n) is 10.4. The van der Waals surface area contributed by atoms with Gasteiger partial charge < -0.3 is 11.1 Å². The molecule has 1 aromatic carbocycles. The van der Waals surface area contributed by atoms with Crippen LogP contribution in [0.4, 0.5) is 5.95 Å². The predicted molar refractivity (Wildman–Crippen MR) is 81.0 cm³/mol. The Labute approximate surface area is 124 Å². The van der Waals surface area contributed by atoms with Crippen LogP contribution in [-0.2, 0) is 0 Å². The van der Waals surface area contributed by atoms with E-state index in [-0.39, 0.29) is 18.2 Å². The van der Waals surface area contributed by atoms with E-state index in [1.165, 1.54) is 0 Å². The van der Waals surface area contributed by atoms with Crippen molar-refractivity contribution >= 4 is 27.8 Å². The van der Waals surface area contributed by atoms with Crippen molar-refractivity contribution in [2.75, 3.05) is 11.9 Å². The Morgan fingerprint density at radius 1 is 1.35 bits per heavy atom. The largest absolute Gasteiger partial charge is 0.364 e. The Morgan fingerprint density at radius 3 is 2.65 bits per heavy atom. The number of terminal acetylenes is 1. The smallest absolute Gasteiger partial charge is 0.267 e. The standard InChI is InChI=1S/C14H11BrN4O/c1-2-7-17-14-18-11(8-12(19-14)13(16)20)9-3-5-10(15)6-4-9/h1,3-6,8H,7H2,(H2,16,20)(H,17,18,19). The maximum atomic E-state index is 11.3. The van der Waals surface area contributed by atoms with E-state index >= 15 is 0 Å². The highest BCUT2D eigenvalue weighted by molar-refractivity contribution is 9.10. The normalized spacial score (nSPS) is 9.80. The molecule has 0 bridgehead atoms. The lowest BCUT2D eigenvalue weighted by Crippen LogP contribution is -2.15. The van der Waals surface area contributed by atoms with Gasteiger partial charge in [-0.05, 0) is 18.2 Å². The summed E-state index contributed by atoms with van der Waals surface area (Å²) in [7, 11) is 0. The molecule has 0 radical (unpaired) electrons. The topological polar surface area (TPSA) is 80.9 Å². The van der Waals surface area contributed by atoms with E-state index in [1.54, 1.807) is 6.07 Å². The third kappa shape index (κ3) is 3.33. The number of carbonyl (C=O) groups excluding carboxylic acids is 1. The van der Waals surface area contributed by atoms with E-state index in [2.05, 4.69) is 37.1 Å². The molecule has 2 rings (SSSR count). The number of hydrogen-bond acceptors (Lipinski definition) is 4. The first-order valence-corrected chi connectivity index (χ1v) is 6.51. The zero-order chi connectivity index (χ0) is 14.5. The lowest BCUT2D eigenvalue weighted by Gasteiger charge is -2.07. The number of benzene rings is 1. The molecular weight excluding hydrogens is 320 g/mol. The zero-order valence-corrected chi connectivity index (χ0v) is 12.0. The van der Waals surface area contributed by atoms with Gasteiger partial charge in [-0.1, -0.05) is 34.0 Å². The molecule has 1 amide bonds. The summed E-state index contributed by atoms with van der Waals surface area (Å²) < 4.78 is 0.955. The molecule has 2 aromatic rings. The van der Waals surface area contributed by atoms with Crippen LogP contribution in [-0.4, -0.2) is 22.4 Å². The average Bonchev–Trinajstić information content (AvgIpc) is 2.45. The molecule has 0 aliphatic carbocycles. The molecule has 3 N–H and O–H groups in total. The Hall–Kier alpha value is -2.39. The summed E-state index contributed by atoms with van der Waals surface area (Å²) in [6.45, 7) is 0.266. The van der Waals surface area contributed by atoms with Crippen molar-refractivity contribution in [2.45, 2.75) is 0 Å². The van der Waals surface area contributed by atoms with Crippen LogP contribution in [0, 0.1) is 12.3 Å². The van der Waals surface area contributed by atoms with Gasteiger partial charge in [0.05, 0.1) is 12.2 Å². The molecule has 1 aromatic heterocycles. The molecule has 0 aliphatic rings. The molecular formula is C14H11BrN4O.